The van der Waals surface area contributed by atoms with E-state index in [2.05, 4.69) is 50.4 Å². The van der Waals surface area contributed by atoms with Crippen LogP contribution >= 0.6 is 0 Å². The molecule has 0 aromatic heterocycles. The monoisotopic (exact) mass is 289 g/mol. The van der Waals surface area contributed by atoms with E-state index >= 15 is 0 Å². The number of rotatable bonds is 8. The second-order valence-corrected chi connectivity index (χ2v) is 6.55. The fourth-order valence-corrected chi connectivity index (χ4v) is 3.14. The van der Waals surface area contributed by atoms with Crippen molar-refractivity contribution >= 4 is 0 Å². The minimum absolute atomic E-state index is 0.160. The first kappa shape index (κ1) is 16.5. The largest absolute Gasteiger partial charge is 0.377 e. The second kappa shape index (κ2) is 7.42. The van der Waals surface area contributed by atoms with Crippen LogP contribution in [0.25, 0.3) is 0 Å². The van der Waals surface area contributed by atoms with Crippen LogP contribution in [0.3, 0.4) is 0 Å². The minimum atomic E-state index is -0.160. The highest BCUT2D eigenvalue weighted by Crippen LogP contribution is 2.37. The fourth-order valence-electron chi connectivity index (χ4n) is 3.14. The van der Waals surface area contributed by atoms with Crippen LogP contribution in [0.5, 0.6) is 0 Å². The first-order valence-corrected chi connectivity index (χ1v) is 8.53. The van der Waals surface area contributed by atoms with Crippen LogP contribution in [-0.2, 0) is 4.74 Å². The van der Waals surface area contributed by atoms with Gasteiger partial charge in [-0.05, 0) is 56.2 Å². The molecule has 1 fully saturated rings. The lowest BCUT2D eigenvalue weighted by Gasteiger charge is -2.37. The maximum absolute atomic E-state index is 5.85. The molecule has 2 unspecified atom stereocenters. The van der Waals surface area contributed by atoms with E-state index in [4.69, 9.17) is 4.74 Å². The summed E-state index contributed by atoms with van der Waals surface area (Å²) in [5.41, 5.74) is 2.69. The average Bonchev–Trinajstić information content (AvgIpc) is 2.47. The van der Waals surface area contributed by atoms with E-state index in [1.54, 1.807) is 0 Å². The van der Waals surface area contributed by atoms with E-state index in [1.807, 2.05) is 7.11 Å². The standard InChI is InChI=1S/C19H31NO/c1-5-14-20-18(19(3,6-2)21-4)17-12-10-16(11-13-17)15-8-7-9-15/h10-13,15,18,20H,5-9,14H2,1-4H3. The minimum Gasteiger partial charge on any atom is -0.377 e. The Labute approximate surface area is 130 Å². The maximum Gasteiger partial charge on any atom is 0.0841 e. The average molecular weight is 289 g/mol. The molecule has 1 N–H and O–H groups in total. The summed E-state index contributed by atoms with van der Waals surface area (Å²) < 4.78 is 5.85. The van der Waals surface area contributed by atoms with E-state index in [9.17, 15) is 0 Å². The van der Waals surface area contributed by atoms with E-state index in [0.29, 0.717) is 0 Å². The summed E-state index contributed by atoms with van der Waals surface area (Å²) in [7, 11) is 1.83. The molecular weight excluding hydrogens is 258 g/mol. The summed E-state index contributed by atoms with van der Waals surface area (Å²) in [6.07, 6.45) is 6.25. The highest BCUT2D eigenvalue weighted by atomic mass is 16.5. The van der Waals surface area contributed by atoms with Crippen molar-refractivity contribution in [2.24, 2.45) is 0 Å². The molecule has 0 amide bonds. The van der Waals surface area contributed by atoms with Gasteiger partial charge in [0.15, 0.2) is 0 Å². The molecule has 21 heavy (non-hydrogen) atoms. The van der Waals surface area contributed by atoms with Gasteiger partial charge in [-0.1, -0.05) is 44.5 Å². The van der Waals surface area contributed by atoms with Gasteiger partial charge in [-0.15, -0.1) is 0 Å². The molecular formula is C19H31NO. The van der Waals surface area contributed by atoms with Crippen molar-refractivity contribution < 1.29 is 4.74 Å². The summed E-state index contributed by atoms with van der Waals surface area (Å²) in [5, 5.41) is 3.68. The van der Waals surface area contributed by atoms with Crippen LogP contribution < -0.4 is 5.32 Å². The second-order valence-electron chi connectivity index (χ2n) is 6.55. The number of hydrogen-bond acceptors (Lipinski definition) is 2. The molecule has 2 atom stereocenters. The molecule has 1 aliphatic rings. The van der Waals surface area contributed by atoms with Crippen molar-refractivity contribution in [3.8, 4) is 0 Å². The predicted molar refractivity (Wildman–Crippen MR) is 89.8 cm³/mol. The molecule has 2 rings (SSSR count). The van der Waals surface area contributed by atoms with Gasteiger partial charge in [0, 0.05) is 7.11 Å². The SMILES string of the molecule is CCCNC(c1ccc(C2CCC2)cc1)C(C)(CC)OC. The smallest absolute Gasteiger partial charge is 0.0841 e. The quantitative estimate of drug-likeness (QED) is 0.741. The summed E-state index contributed by atoms with van der Waals surface area (Å²) >= 11 is 0. The van der Waals surface area contributed by atoms with Crippen molar-refractivity contribution in [1.82, 2.24) is 5.32 Å². The van der Waals surface area contributed by atoms with E-state index < -0.39 is 0 Å². The Morgan fingerprint density at radius 3 is 2.33 bits per heavy atom. The lowest BCUT2D eigenvalue weighted by atomic mass is 9.79. The molecule has 0 heterocycles. The Hall–Kier alpha value is -0.860. The van der Waals surface area contributed by atoms with E-state index in [0.717, 1.165) is 25.3 Å². The third kappa shape index (κ3) is 3.67. The zero-order chi connectivity index (χ0) is 15.3. The summed E-state index contributed by atoms with van der Waals surface area (Å²) in [6.45, 7) is 7.64. The number of benzene rings is 1. The number of hydrogen-bond donors (Lipinski definition) is 1. The summed E-state index contributed by atoms with van der Waals surface area (Å²) in [5.74, 6) is 0.807. The van der Waals surface area contributed by atoms with Gasteiger partial charge >= 0.3 is 0 Å². The van der Waals surface area contributed by atoms with E-state index in [-0.39, 0.29) is 11.6 Å². The third-order valence-electron chi connectivity index (χ3n) is 5.22. The molecule has 2 heteroatoms. The van der Waals surface area contributed by atoms with E-state index in [1.165, 1.54) is 30.4 Å². The van der Waals surface area contributed by atoms with Gasteiger partial charge in [-0.3, -0.25) is 0 Å². The number of nitrogens with one attached hydrogen (secondary N) is 1. The molecule has 0 radical (unpaired) electrons. The first-order chi connectivity index (χ1) is 10.1. The lowest BCUT2D eigenvalue weighted by Crippen LogP contribution is -2.43. The highest BCUT2D eigenvalue weighted by Gasteiger charge is 2.33. The molecule has 2 nitrogen and oxygen atoms in total. The fraction of sp³-hybridized carbons (Fsp3) is 0.684. The van der Waals surface area contributed by atoms with Crippen LogP contribution in [-0.4, -0.2) is 19.3 Å². The summed E-state index contributed by atoms with van der Waals surface area (Å²) in [6, 6.07) is 9.50. The predicted octanol–water partition coefficient (Wildman–Crippen LogP) is 4.81. The van der Waals surface area contributed by atoms with Crippen LogP contribution in [0, 0.1) is 0 Å². The third-order valence-corrected chi connectivity index (χ3v) is 5.22. The Kier molecular flexibility index (Phi) is 5.83. The van der Waals surface area contributed by atoms with Crippen LogP contribution in [0.15, 0.2) is 24.3 Å². The van der Waals surface area contributed by atoms with Gasteiger partial charge in [0.2, 0.25) is 0 Å². The van der Waals surface area contributed by atoms with Crippen molar-refractivity contribution in [3.05, 3.63) is 35.4 Å². The Morgan fingerprint density at radius 2 is 1.90 bits per heavy atom. The van der Waals surface area contributed by atoms with Crippen molar-refractivity contribution in [2.45, 2.75) is 70.4 Å². The van der Waals surface area contributed by atoms with Gasteiger partial charge < -0.3 is 10.1 Å². The normalized spacial score (nSPS) is 19.8. The van der Waals surface area contributed by atoms with Gasteiger partial charge in [0.25, 0.3) is 0 Å². The van der Waals surface area contributed by atoms with Crippen molar-refractivity contribution in [2.75, 3.05) is 13.7 Å². The zero-order valence-corrected chi connectivity index (χ0v) is 14.1. The molecule has 1 aromatic carbocycles. The van der Waals surface area contributed by atoms with Gasteiger partial charge in [0.1, 0.15) is 0 Å². The topological polar surface area (TPSA) is 21.3 Å². The Morgan fingerprint density at radius 1 is 1.24 bits per heavy atom. The molecule has 0 spiro atoms. The Bertz CT molecular complexity index is 418. The molecule has 1 saturated carbocycles. The molecule has 0 saturated heterocycles. The molecule has 1 aliphatic carbocycles. The number of ether oxygens (including phenoxy) is 1. The molecule has 118 valence electrons. The molecule has 0 aliphatic heterocycles. The number of methoxy groups -OCH3 is 1. The Balaban J connectivity index is 2.18. The van der Waals surface area contributed by atoms with Gasteiger partial charge in [0.05, 0.1) is 11.6 Å². The maximum atomic E-state index is 5.85. The highest BCUT2D eigenvalue weighted by molar-refractivity contribution is 5.30. The zero-order valence-electron chi connectivity index (χ0n) is 14.1. The van der Waals surface area contributed by atoms with Crippen LogP contribution in [0.4, 0.5) is 0 Å². The van der Waals surface area contributed by atoms with Crippen LogP contribution in [0.2, 0.25) is 0 Å². The van der Waals surface area contributed by atoms with Gasteiger partial charge in [-0.2, -0.15) is 0 Å². The van der Waals surface area contributed by atoms with Crippen LogP contribution in [0.1, 0.15) is 76.0 Å². The lowest BCUT2D eigenvalue weighted by molar-refractivity contribution is -0.0299. The first-order valence-electron chi connectivity index (χ1n) is 8.53. The van der Waals surface area contributed by atoms with Gasteiger partial charge in [-0.25, -0.2) is 0 Å². The molecule has 1 aromatic rings. The molecule has 0 bridgehead atoms. The van der Waals surface area contributed by atoms with Crippen molar-refractivity contribution in [1.29, 1.82) is 0 Å². The van der Waals surface area contributed by atoms with Crippen molar-refractivity contribution in [3.63, 3.8) is 0 Å². The summed E-state index contributed by atoms with van der Waals surface area (Å²) in [4.78, 5) is 0.